The topological polar surface area (TPSA) is 124 Å². The second-order valence-electron chi connectivity index (χ2n) is 9.87. The summed E-state index contributed by atoms with van der Waals surface area (Å²) in [4.78, 5) is 28.1. The van der Waals surface area contributed by atoms with E-state index >= 15 is 0 Å². The SMILES string of the molecule is C[C@H](C(=O)NCc1ccc2c(c1)OCO2)N(Cc1ccccc1)C(=O)COc1ccc(S(=O)(=O)N2CCOCC2)cc1. The van der Waals surface area contributed by atoms with E-state index in [-0.39, 0.29) is 37.3 Å². The first-order valence-electron chi connectivity index (χ1n) is 13.6. The summed E-state index contributed by atoms with van der Waals surface area (Å²) in [7, 11) is -3.64. The number of hydrogen-bond acceptors (Lipinski definition) is 8. The quantitative estimate of drug-likeness (QED) is 0.359. The van der Waals surface area contributed by atoms with Gasteiger partial charge in [-0.15, -0.1) is 0 Å². The standard InChI is InChI=1S/C30H33N3O8S/c1-22(30(35)31-18-24-7-12-27-28(17-24)41-21-40-27)33(19-23-5-3-2-4-6-23)29(34)20-39-25-8-10-26(11-9-25)42(36,37)32-13-15-38-16-14-32/h2-12,17,22H,13-16,18-21H2,1H3,(H,31,35)/t22-/m1/s1. The van der Waals surface area contributed by atoms with E-state index in [1.54, 1.807) is 13.0 Å². The van der Waals surface area contributed by atoms with Gasteiger partial charge in [0.25, 0.3) is 5.91 Å². The monoisotopic (exact) mass is 595 g/mol. The Bertz CT molecular complexity index is 1490. The van der Waals surface area contributed by atoms with E-state index < -0.39 is 22.0 Å². The van der Waals surface area contributed by atoms with Crippen LogP contribution in [-0.4, -0.2) is 75.2 Å². The molecule has 3 aromatic carbocycles. The van der Waals surface area contributed by atoms with E-state index in [4.69, 9.17) is 18.9 Å². The molecule has 0 aliphatic carbocycles. The second-order valence-corrected chi connectivity index (χ2v) is 11.8. The molecular weight excluding hydrogens is 562 g/mol. The number of nitrogens with one attached hydrogen (secondary N) is 1. The average Bonchev–Trinajstić information content (AvgIpc) is 3.50. The highest BCUT2D eigenvalue weighted by Crippen LogP contribution is 2.32. The first kappa shape index (κ1) is 29.4. The number of rotatable bonds is 11. The second kappa shape index (κ2) is 13.2. The van der Waals surface area contributed by atoms with Gasteiger partial charge in [-0.25, -0.2) is 8.42 Å². The minimum atomic E-state index is -3.64. The molecule has 42 heavy (non-hydrogen) atoms. The number of morpholine rings is 1. The molecule has 11 nitrogen and oxygen atoms in total. The van der Waals surface area contributed by atoms with Crippen molar-refractivity contribution in [1.82, 2.24) is 14.5 Å². The zero-order chi connectivity index (χ0) is 29.5. The molecule has 1 N–H and O–H groups in total. The van der Waals surface area contributed by atoms with Crippen LogP contribution >= 0.6 is 0 Å². The molecule has 0 saturated carbocycles. The molecule has 3 aromatic rings. The van der Waals surface area contributed by atoms with Crippen molar-refractivity contribution in [2.24, 2.45) is 0 Å². The Kier molecular flexibility index (Phi) is 9.25. The largest absolute Gasteiger partial charge is 0.484 e. The maximum Gasteiger partial charge on any atom is 0.261 e. The molecular formula is C30H33N3O8S. The fourth-order valence-electron chi connectivity index (χ4n) is 4.62. The van der Waals surface area contributed by atoms with Gasteiger partial charge in [-0.3, -0.25) is 9.59 Å². The molecule has 1 saturated heterocycles. The number of nitrogens with zero attached hydrogens (tertiary/aromatic N) is 2. The number of benzene rings is 3. The Balaban J connectivity index is 1.22. The summed E-state index contributed by atoms with van der Waals surface area (Å²) in [5, 5.41) is 2.89. The van der Waals surface area contributed by atoms with Gasteiger partial charge in [-0.05, 0) is 54.4 Å². The van der Waals surface area contributed by atoms with Crippen molar-refractivity contribution >= 4 is 21.8 Å². The Labute approximate surface area is 245 Å². The van der Waals surface area contributed by atoms with E-state index in [2.05, 4.69) is 5.32 Å². The van der Waals surface area contributed by atoms with Crippen molar-refractivity contribution in [3.8, 4) is 17.2 Å². The fraction of sp³-hybridized carbons (Fsp3) is 0.333. The summed E-state index contributed by atoms with van der Waals surface area (Å²) in [5.74, 6) is 0.902. The van der Waals surface area contributed by atoms with E-state index in [9.17, 15) is 18.0 Å². The van der Waals surface area contributed by atoms with Gasteiger partial charge >= 0.3 is 0 Å². The third kappa shape index (κ3) is 7.01. The zero-order valence-corrected chi connectivity index (χ0v) is 24.0. The van der Waals surface area contributed by atoms with Crippen LogP contribution in [-0.2, 0) is 37.4 Å². The lowest BCUT2D eigenvalue weighted by atomic mass is 10.1. The normalized spacial score (nSPS) is 15.5. The highest BCUT2D eigenvalue weighted by Gasteiger charge is 2.28. The molecule has 2 aliphatic heterocycles. The van der Waals surface area contributed by atoms with Gasteiger partial charge in [0.2, 0.25) is 22.7 Å². The van der Waals surface area contributed by atoms with Crippen LogP contribution in [0.15, 0.2) is 77.7 Å². The molecule has 0 radical (unpaired) electrons. The molecule has 5 rings (SSSR count). The van der Waals surface area contributed by atoms with Crippen LogP contribution in [0.2, 0.25) is 0 Å². The molecule has 2 heterocycles. The van der Waals surface area contributed by atoms with E-state index in [1.165, 1.54) is 33.5 Å². The Morgan fingerprint density at radius 3 is 2.40 bits per heavy atom. The molecule has 1 fully saturated rings. The summed E-state index contributed by atoms with van der Waals surface area (Å²) in [6, 6.07) is 20.0. The molecule has 2 amide bonds. The molecule has 0 aromatic heterocycles. The van der Waals surface area contributed by atoms with Crippen LogP contribution < -0.4 is 19.5 Å². The van der Waals surface area contributed by atoms with Gasteiger partial charge in [0.15, 0.2) is 18.1 Å². The highest BCUT2D eigenvalue weighted by atomic mass is 32.2. The van der Waals surface area contributed by atoms with Crippen molar-refractivity contribution in [3.63, 3.8) is 0 Å². The first-order valence-corrected chi connectivity index (χ1v) is 15.1. The number of sulfonamides is 1. The zero-order valence-electron chi connectivity index (χ0n) is 23.2. The van der Waals surface area contributed by atoms with Crippen LogP contribution in [0.3, 0.4) is 0 Å². The maximum atomic E-state index is 13.4. The third-order valence-electron chi connectivity index (χ3n) is 7.06. The minimum absolute atomic E-state index is 0.140. The minimum Gasteiger partial charge on any atom is -0.484 e. The van der Waals surface area contributed by atoms with Crippen LogP contribution in [0.25, 0.3) is 0 Å². The summed E-state index contributed by atoms with van der Waals surface area (Å²) in [6.07, 6.45) is 0. The summed E-state index contributed by atoms with van der Waals surface area (Å²) in [5.41, 5.74) is 1.70. The molecule has 0 unspecified atom stereocenters. The smallest absolute Gasteiger partial charge is 0.261 e. The summed E-state index contributed by atoms with van der Waals surface area (Å²) < 4.78 is 48.9. The molecule has 12 heteroatoms. The molecule has 0 bridgehead atoms. The van der Waals surface area contributed by atoms with E-state index in [1.807, 2.05) is 42.5 Å². The van der Waals surface area contributed by atoms with Crippen molar-refractivity contribution < 1.29 is 37.0 Å². The van der Waals surface area contributed by atoms with E-state index in [0.717, 1.165) is 11.1 Å². The van der Waals surface area contributed by atoms with Gasteiger partial charge in [0, 0.05) is 26.2 Å². The number of hydrogen-bond donors (Lipinski definition) is 1. The van der Waals surface area contributed by atoms with Crippen molar-refractivity contribution in [2.75, 3.05) is 39.7 Å². The molecule has 1 atom stereocenters. The van der Waals surface area contributed by atoms with Gasteiger partial charge in [0.1, 0.15) is 11.8 Å². The highest BCUT2D eigenvalue weighted by molar-refractivity contribution is 7.89. The van der Waals surface area contributed by atoms with Crippen LogP contribution in [0, 0.1) is 0 Å². The maximum absolute atomic E-state index is 13.4. The van der Waals surface area contributed by atoms with Gasteiger partial charge in [0.05, 0.1) is 18.1 Å². The fourth-order valence-corrected chi connectivity index (χ4v) is 6.03. The lowest BCUT2D eigenvalue weighted by molar-refractivity contribution is -0.142. The molecule has 222 valence electrons. The lowest BCUT2D eigenvalue weighted by Gasteiger charge is -2.29. The third-order valence-corrected chi connectivity index (χ3v) is 8.97. The van der Waals surface area contributed by atoms with Gasteiger partial charge in [-0.2, -0.15) is 4.31 Å². The van der Waals surface area contributed by atoms with Crippen LogP contribution in [0.4, 0.5) is 0 Å². The number of fused-ring (bicyclic) bond motifs is 1. The van der Waals surface area contributed by atoms with E-state index in [0.29, 0.717) is 43.6 Å². The first-order chi connectivity index (χ1) is 20.3. The lowest BCUT2D eigenvalue weighted by Crippen LogP contribution is -2.48. The Morgan fingerprint density at radius 2 is 1.67 bits per heavy atom. The van der Waals surface area contributed by atoms with Gasteiger partial charge in [-0.1, -0.05) is 36.4 Å². The summed E-state index contributed by atoms with van der Waals surface area (Å²) >= 11 is 0. The van der Waals surface area contributed by atoms with Crippen molar-refractivity contribution in [2.45, 2.75) is 31.0 Å². The average molecular weight is 596 g/mol. The van der Waals surface area contributed by atoms with Crippen molar-refractivity contribution in [1.29, 1.82) is 0 Å². The van der Waals surface area contributed by atoms with Crippen LogP contribution in [0.5, 0.6) is 17.2 Å². The predicted octanol–water partition coefficient (Wildman–Crippen LogP) is 2.55. The number of amides is 2. The van der Waals surface area contributed by atoms with Crippen molar-refractivity contribution in [3.05, 3.63) is 83.9 Å². The molecule has 2 aliphatic rings. The Morgan fingerprint density at radius 1 is 0.952 bits per heavy atom. The van der Waals surface area contributed by atoms with Gasteiger partial charge < -0.3 is 29.2 Å². The Hall–Kier alpha value is -4.13. The number of carbonyl (C=O) groups excluding carboxylic acids is 2. The number of carbonyl (C=O) groups is 2. The van der Waals surface area contributed by atoms with Crippen LogP contribution in [0.1, 0.15) is 18.1 Å². The molecule has 0 spiro atoms. The summed E-state index contributed by atoms with van der Waals surface area (Å²) in [6.45, 7) is 3.28. The number of ether oxygens (including phenoxy) is 4. The predicted molar refractivity (Wildman–Crippen MR) is 152 cm³/mol.